The number of rotatable bonds is 2. The second kappa shape index (κ2) is 4.84. The van der Waals surface area contributed by atoms with Crippen molar-refractivity contribution in [2.75, 3.05) is 0 Å². The van der Waals surface area contributed by atoms with Crippen LogP contribution in [0.15, 0.2) is 48.5 Å². The first-order chi connectivity index (χ1) is 9.90. The Labute approximate surface area is 119 Å². The minimum Gasteiger partial charge on any atom is -0.406 e. The van der Waals surface area contributed by atoms with E-state index in [1.54, 1.807) is 6.07 Å². The number of ether oxygens (including phenoxy) is 1. The topological polar surface area (TPSA) is 25.0 Å². The molecule has 0 atom stereocenters. The van der Waals surface area contributed by atoms with Crippen LogP contribution in [-0.2, 0) is 0 Å². The molecular formula is C16H12F3NO. The first-order valence-corrected chi connectivity index (χ1v) is 6.36. The molecular weight excluding hydrogens is 279 g/mol. The van der Waals surface area contributed by atoms with Crippen LogP contribution in [0.3, 0.4) is 0 Å². The number of fused-ring (bicyclic) bond motifs is 1. The fourth-order valence-corrected chi connectivity index (χ4v) is 2.27. The number of aromatic amines is 1. The minimum absolute atomic E-state index is 0.227. The van der Waals surface area contributed by atoms with Gasteiger partial charge in [-0.05, 0) is 37.3 Å². The second-order valence-corrected chi connectivity index (χ2v) is 4.85. The Bertz CT molecular complexity index is 790. The maximum Gasteiger partial charge on any atom is 0.573 e. The molecule has 108 valence electrons. The third-order valence-electron chi connectivity index (χ3n) is 3.15. The van der Waals surface area contributed by atoms with Crippen molar-refractivity contribution in [1.29, 1.82) is 0 Å². The van der Waals surface area contributed by atoms with Crippen molar-refractivity contribution in [3.63, 3.8) is 0 Å². The molecule has 0 aliphatic heterocycles. The van der Waals surface area contributed by atoms with Crippen LogP contribution in [0.1, 0.15) is 5.56 Å². The van der Waals surface area contributed by atoms with E-state index in [0.29, 0.717) is 5.56 Å². The summed E-state index contributed by atoms with van der Waals surface area (Å²) in [6.07, 6.45) is -4.68. The zero-order chi connectivity index (χ0) is 15.0. The van der Waals surface area contributed by atoms with E-state index < -0.39 is 6.36 Å². The summed E-state index contributed by atoms with van der Waals surface area (Å²) in [6, 6.07) is 13.8. The van der Waals surface area contributed by atoms with Crippen LogP contribution in [0.4, 0.5) is 13.2 Å². The first kappa shape index (κ1) is 13.5. The Kier molecular flexibility index (Phi) is 3.12. The van der Waals surface area contributed by atoms with Gasteiger partial charge in [0.2, 0.25) is 0 Å². The maximum absolute atomic E-state index is 12.3. The predicted molar refractivity (Wildman–Crippen MR) is 75.2 cm³/mol. The molecule has 0 spiro atoms. The quantitative estimate of drug-likeness (QED) is 0.702. The van der Waals surface area contributed by atoms with E-state index in [4.69, 9.17) is 0 Å². The van der Waals surface area contributed by atoms with Crippen LogP contribution in [0.5, 0.6) is 5.75 Å². The Hall–Kier alpha value is -2.43. The zero-order valence-electron chi connectivity index (χ0n) is 11.2. The number of aryl methyl sites for hydroxylation is 1. The summed E-state index contributed by atoms with van der Waals surface area (Å²) in [4.78, 5) is 3.19. The van der Waals surface area contributed by atoms with Gasteiger partial charge in [0, 0.05) is 22.2 Å². The highest BCUT2D eigenvalue weighted by atomic mass is 19.4. The molecule has 1 aromatic heterocycles. The molecule has 0 saturated heterocycles. The number of nitrogens with one attached hydrogen (secondary N) is 1. The lowest BCUT2D eigenvalue weighted by Crippen LogP contribution is -2.17. The average Bonchev–Trinajstić information content (AvgIpc) is 2.80. The zero-order valence-corrected chi connectivity index (χ0v) is 11.2. The van der Waals surface area contributed by atoms with Crippen molar-refractivity contribution in [1.82, 2.24) is 4.98 Å². The fourth-order valence-electron chi connectivity index (χ4n) is 2.27. The lowest BCUT2D eigenvalue weighted by Gasteiger charge is -2.09. The Morgan fingerprint density at radius 1 is 1.00 bits per heavy atom. The van der Waals surface area contributed by atoms with Crippen LogP contribution in [0, 0.1) is 6.92 Å². The number of hydrogen-bond acceptors (Lipinski definition) is 1. The molecule has 0 radical (unpaired) electrons. The van der Waals surface area contributed by atoms with E-state index in [1.807, 2.05) is 31.2 Å². The lowest BCUT2D eigenvalue weighted by atomic mass is 10.1. The molecule has 0 saturated carbocycles. The highest BCUT2D eigenvalue weighted by Gasteiger charge is 2.31. The van der Waals surface area contributed by atoms with Gasteiger partial charge in [-0.25, -0.2) is 0 Å². The predicted octanol–water partition coefficient (Wildman–Crippen LogP) is 5.04. The number of alkyl halides is 3. The Morgan fingerprint density at radius 3 is 2.57 bits per heavy atom. The van der Waals surface area contributed by atoms with Crippen molar-refractivity contribution in [2.24, 2.45) is 0 Å². The highest BCUT2D eigenvalue weighted by molar-refractivity contribution is 5.86. The summed E-state index contributed by atoms with van der Waals surface area (Å²) in [7, 11) is 0. The normalized spacial score (nSPS) is 11.8. The molecule has 1 N–H and O–H groups in total. The summed E-state index contributed by atoms with van der Waals surface area (Å²) in [5.74, 6) is -0.227. The molecule has 0 bridgehead atoms. The number of H-pyrrole nitrogens is 1. The minimum atomic E-state index is -4.68. The number of benzene rings is 2. The molecule has 3 aromatic rings. The van der Waals surface area contributed by atoms with Crippen LogP contribution >= 0.6 is 0 Å². The summed E-state index contributed by atoms with van der Waals surface area (Å²) in [5, 5.41) is 1.02. The van der Waals surface area contributed by atoms with Gasteiger partial charge in [-0.3, -0.25) is 0 Å². The molecule has 2 aromatic carbocycles. The average molecular weight is 291 g/mol. The van der Waals surface area contributed by atoms with Gasteiger partial charge in [-0.15, -0.1) is 13.2 Å². The largest absolute Gasteiger partial charge is 0.573 e. The molecule has 5 heteroatoms. The van der Waals surface area contributed by atoms with Crippen LogP contribution in [-0.4, -0.2) is 11.3 Å². The standard InChI is InChI=1S/C16H12F3NO/c1-10-5-6-14-12(7-10)9-15(20-14)11-3-2-4-13(8-11)21-16(17,18)19/h2-9,20H,1H3. The van der Waals surface area contributed by atoms with Gasteiger partial charge in [0.15, 0.2) is 0 Å². The molecule has 21 heavy (non-hydrogen) atoms. The first-order valence-electron chi connectivity index (χ1n) is 6.36. The molecule has 3 rings (SSSR count). The van der Waals surface area contributed by atoms with Gasteiger partial charge in [0.25, 0.3) is 0 Å². The van der Waals surface area contributed by atoms with E-state index in [9.17, 15) is 13.2 Å². The summed E-state index contributed by atoms with van der Waals surface area (Å²) >= 11 is 0. The van der Waals surface area contributed by atoms with E-state index in [0.717, 1.165) is 22.2 Å². The van der Waals surface area contributed by atoms with E-state index >= 15 is 0 Å². The summed E-state index contributed by atoms with van der Waals surface area (Å²) < 4.78 is 40.7. The van der Waals surface area contributed by atoms with Crippen molar-refractivity contribution in [3.05, 3.63) is 54.1 Å². The van der Waals surface area contributed by atoms with E-state index in [1.165, 1.54) is 18.2 Å². The Morgan fingerprint density at radius 2 is 1.81 bits per heavy atom. The van der Waals surface area contributed by atoms with Gasteiger partial charge >= 0.3 is 6.36 Å². The molecule has 1 heterocycles. The molecule has 0 unspecified atom stereocenters. The number of aromatic nitrogens is 1. The fraction of sp³-hybridized carbons (Fsp3) is 0.125. The molecule has 0 amide bonds. The molecule has 2 nitrogen and oxygen atoms in total. The van der Waals surface area contributed by atoms with Crippen molar-refractivity contribution >= 4 is 10.9 Å². The van der Waals surface area contributed by atoms with E-state index in [2.05, 4.69) is 9.72 Å². The van der Waals surface area contributed by atoms with Gasteiger partial charge in [0.05, 0.1) is 0 Å². The number of halogens is 3. The molecule has 0 aliphatic carbocycles. The smallest absolute Gasteiger partial charge is 0.406 e. The third-order valence-corrected chi connectivity index (χ3v) is 3.15. The van der Waals surface area contributed by atoms with Gasteiger partial charge < -0.3 is 9.72 Å². The van der Waals surface area contributed by atoms with Crippen LogP contribution in [0.25, 0.3) is 22.2 Å². The monoisotopic (exact) mass is 291 g/mol. The van der Waals surface area contributed by atoms with Crippen LogP contribution < -0.4 is 4.74 Å². The van der Waals surface area contributed by atoms with Gasteiger partial charge in [-0.2, -0.15) is 0 Å². The second-order valence-electron chi connectivity index (χ2n) is 4.85. The third kappa shape index (κ3) is 3.02. The summed E-state index contributed by atoms with van der Waals surface area (Å²) in [6.45, 7) is 1.99. The van der Waals surface area contributed by atoms with Crippen LogP contribution in [0.2, 0.25) is 0 Å². The highest BCUT2D eigenvalue weighted by Crippen LogP contribution is 2.29. The van der Waals surface area contributed by atoms with Crippen molar-refractivity contribution < 1.29 is 17.9 Å². The van der Waals surface area contributed by atoms with Crippen molar-refractivity contribution in [3.8, 4) is 17.0 Å². The summed E-state index contributed by atoms with van der Waals surface area (Å²) in [5.41, 5.74) is 3.47. The maximum atomic E-state index is 12.3. The number of hydrogen-bond donors (Lipinski definition) is 1. The van der Waals surface area contributed by atoms with Crippen molar-refractivity contribution in [2.45, 2.75) is 13.3 Å². The van der Waals surface area contributed by atoms with Gasteiger partial charge in [-0.1, -0.05) is 23.8 Å². The molecule has 0 fully saturated rings. The Balaban J connectivity index is 2.00. The molecule has 0 aliphatic rings. The SMILES string of the molecule is Cc1ccc2[nH]c(-c3cccc(OC(F)(F)F)c3)cc2c1. The lowest BCUT2D eigenvalue weighted by molar-refractivity contribution is -0.274. The van der Waals surface area contributed by atoms with Gasteiger partial charge in [0.1, 0.15) is 5.75 Å². The van der Waals surface area contributed by atoms with E-state index in [-0.39, 0.29) is 5.75 Å².